The van der Waals surface area contributed by atoms with Crippen molar-refractivity contribution in [2.45, 2.75) is 18.9 Å². The summed E-state index contributed by atoms with van der Waals surface area (Å²) in [5, 5.41) is 0.501. The summed E-state index contributed by atoms with van der Waals surface area (Å²) in [5.74, 6) is 1.95. The number of rotatable bonds is 2. The summed E-state index contributed by atoms with van der Waals surface area (Å²) < 4.78 is 7.53. The molecule has 5 heteroatoms. The first-order valence-corrected chi connectivity index (χ1v) is 7.31. The topological polar surface area (TPSA) is 39.9 Å². The van der Waals surface area contributed by atoms with Gasteiger partial charge < -0.3 is 9.30 Å². The third-order valence-electron chi connectivity index (χ3n) is 4.01. The average molecular weight is 300 g/mol. The lowest BCUT2D eigenvalue weighted by Gasteiger charge is -2.15. The Morgan fingerprint density at radius 1 is 1.24 bits per heavy atom. The number of aromatic nitrogens is 3. The van der Waals surface area contributed by atoms with Crippen molar-refractivity contribution in [3.8, 4) is 5.75 Å². The van der Waals surface area contributed by atoms with Gasteiger partial charge in [-0.15, -0.1) is 0 Å². The van der Waals surface area contributed by atoms with Crippen LogP contribution < -0.4 is 4.74 Å². The predicted octanol–water partition coefficient (Wildman–Crippen LogP) is 3.63. The van der Waals surface area contributed by atoms with Crippen LogP contribution in [0.4, 0.5) is 0 Å². The number of imidazole rings is 1. The van der Waals surface area contributed by atoms with Crippen molar-refractivity contribution in [3.05, 3.63) is 52.9 Å². The molecule has 0 unspecified atom stereocenters. The molecule has 0 bridgehead atoms. The summed E-state index contributed by atoms with van der Waals surface area (Å²) >= 11 is 6.05. The van der Waals surface area contributed by atoms with Crippen molar-refractivity contribution in [3.63, 3.8) is 0 Å². The number of hydrogen-bond donors (Lipinski definition) is 0. The number of fused-ring (bicyclic) bond motifs is 3. The first kappa shape index (κ1) is 12.7. The summed E-state index contributed by atoms with van der Waals surface area (Å²) in [6.07, 6.45) is 1.98. The molecule has 1 aromatic carbocycles. The quantitative estimate of drug-likeness (QED) is 0.678. The van der Waals surface area contributed by atoms with E-state index < -0.39 is 0 Å². The van der Waals surface area contributed by atoms with Crippen LogP contribution in [0.3, 0.4) is 0 Å². The maximum absolute atomic E-state index is 6.05. The Morgan fingerprint density at radius 3 is 3.00 bits per heavy atom. The van der Waals surface area contributed by atoms with Crippen LogP contribution in [0.25, 0.3) is 11.2 Å². The van der Waals surface area contributed by atoms with Crippen molar-refractivity contribution in [1.82, 2.24) is 14.5 Å². The molecule has 1 atom stereocenters. The fraction of sp³-hybridized carbons (Fsp3) is 0.250. The van der Waals surface area contributed by atoms with E-state index in [0.717, 1.165) is 35.6 Å². The van der Waals surface area contributed by atoms with Crippen molar-refractivity contribution < 1.29 is 4.74 Å². The van der Waals surface area contributed by atoms with Gasteiger partial charge in [-0.3, -0.25) is 0 Å². The third-order valence-corrected chi connectivity index (χ3v) is 4.22. The number of aryl methyl sites for hydroxylation is 1. The van der Waals surface area contributed by atoms with Crippen LogP contribution in [0.2, 0.25) is 5.15 Å². The zero-order chi connectivity index (χ0) is 14.4. The molecule has 1 aliphatic heterocycles. The zero-order valence-corrected chi connectivity index (χ0v) is 12.3. The Hall–Kier alpha value is -2.07. The average Bonchev–Trinajstić information content (AvgIpc) is 3.06. The van der Waals surface area contributed by atoms with E-state index in [1.807, 2.05) is 18.2 Å². The van der Waals surface area contributed by atoms with Crippen LogP contribution in [0.15, 0.2) is 36.4 Å². The van der Waals surface area contributed by atoms with Gasteiger partial charge in [-0.2, -0.15) is 0 Å². The van der Waals surface area contributed by atoms with Crippen LogP contribution in [0.1, 0.15) is 23.9 Å². The summed E-state index contributed by atoms with van der Waals surface area (Å²) in [5.41, 5.74) is 2.99. The molecule has 0 saturated carbocycles. The Kier molecular flexibility index (Phi) is 2.86. The van der Waals surface area contributed by atoms with E-state index in [4.69, 9.17) is 16.3 Å². The largest absolute Gasteiger partial charge is 0.497 e. The molecule has 0 fully saturated rings. The third kappa shape index (κ3) is 1.98. The lowest BCUT2D eigenvalue weighted by molar-refractivity contribution is 0.413. The standard InChI is InChI=1S/C16H14ClN3O/c1-21-11-4-2-3-10(9-11)13-6-8-15-18-12-5-7-14(17)19-16(12)20(13)15/h2-5,7,9,13H,6,8H2,1H3/t13-/m0/s1. The van der Waals surface area contributed by atoms with Gasteiger partial charge in [-0.25, -0.2) is 9.97 Å². The molecule has 0 saturated heterocycles. The highest BCUT2D eigenvalue weighted by Crippen LogP contribution is 2.36. The highest BCUT2D eigenvalue weighted by atomic mass is 35.5. The van der Waals surface area contributed by atoms with Gasteiger partial charge in [0.2, 0.25) is 0 Å². The summed E-state index contributed by atoms with van der Waals surface area (Å²) in [4.78, 5) is 9.12. The Labute approximate surface area is 127 Å². The van der Waals surface area contributed by atoms with Gasteiger partial charge in [0.25, 0.3) is 0 Å². The smallest absolute Gasteiger partial charge is 0.162 e. The van der Waals surface area contributed by atoms with Gasteiger partial charge in [-0.1, -0.05) is 23.7 Å². The first-order chi connectivity index (χ1) is 10.3. The zero-order valence-electron chi connectivity index (χ0n) is 11.6. The van der Waals surface area contributed by atoms with E-state index in [0.29, 0.717) is 5.15 Å². The van der Waals surface area contributed by atoms with Crippen molar-refractivity contribution in [2.75, 3.05) is 7.11 Å². The Balaban J connectivity index is 1.88. The van der Waals surface area contributed by atoms with Gasteiger partial charge in [0.1, 0.15) is 22.2 Å². The fourth-order valence-electron chi connectivity index (χ4n) is 3.06. The minimum atomic E-state index is 0.242. The molecule has 0 radical (unpaired) electrons. The molecule has 1 aliphatic rings. The molecule has 0 amide bonds. The molecule has 21 heavy (non-hydrogen) atoms. The van der Waals surface area contributed by atoms with Crippen LogP contribution in [-0.2, 0) is 6.42 Å². The van der Waals surface area contributed by atoms with E-state index in [-0.39, 0.29) is 6.04 Å². The van der Waals surface area contributed by atoms with Crippen molar-refractivity contribution >= 4 is 22.8 Å². The van der Waals surface area contributed by atoms with E-state index >= 15 is 0 Å². The number of hydrogen-bond acceptors (Lipinski definition) is 3. The first-order valence-electron chi connectivity index (χ1n) is 6.93. The Bertz CT molecular complexity index is 828. The minimum absolute atomic E-state index is 0.242. The summed E-state index contributed by atoms with van der Waals surface area (Å²) in [6, 6.07) is 12.1. The molecule has 0 spiro atoms. The summed E-state index contributed by atoms with van der Waals surface area (Å²) in [6.45, 7) is 0. The second kappa shape index (κ2) is 4.74. The lowest BCUT2D eigenvalue weighted by atomic mass is 10.0. The summed E-state index contributed by atoms with van der Waals surface area (Å²) in [7, 11) is 1.69. The van der Waals surface area contributed by atoms with Crippen LogP contribution >= 0.6 is 11.6 Å². The molecule has 4 rings (SSSR count). The highest BCUT2D eigenvalue weighted by molar-refractivity contribution is 6.29. The second-order valence-electron chi connectivity index (χ2n) is 5.21. The van der Waals surface area contributed by atoms with E-state index in [1.54, 1.807) is 13.2 Å². The van der Waals surface area contributed by atoms with E-state index in [1.165, 1.54) is 5.56 Å². The molecular formula is C16H14ClN3O. The number of benzene rings is 1. The molecule has 0 N–H and O–H groups in total. The Morgan fingerprint density at radius 2 is 2.14 bits per heavy atom. The normalized spacial score (nSPS) is 17.1. The van der Waals surface area contributed by atoms with Gasteiger partial charge in [0.05, 0.1) is 13.2 Å². The monoisotopic (exact) mass is 299 g/mol. The second-order valence-corrected chi connectivity index (χ2v) is 5.59. The number of nitrogens with zero attached hydrogens (tertiary/aromatic N) is 3. The van der Waals surface area contributed by atoms with Gasteiger partial charge in [0, 0.05) is 6.42 Å². The van der Waals surface area contributed by atoms with Crippen molar-refractivity contribution in [1.29, 1.82) is 0 Å². The molecule has 2 aromatic heterocycles. The highest BCUT2D eigenvalue weighted by Gasteiger charge is 2.28. The molecule has 106 valence electrons. The van der Waals surface area contributed by atoms with Crippen molar-refractivity contribution in [2.24, 2.45) is 0 Å². The number of pyridine rings is 1. The van der Waals surface area contributed by atoms with Gasteiger partial charge in [-0.05, 0) is 36.2 Å². The fourth-order valence-corrected chi connectivity index (χ4v) is 3.20. The number of ether oxygens (including phenoxy) is 1. The predicted molar refractivity (Wildman–Crippen MR) is 82.0 cm³/mol. The van der Waals surface area contributed by atoms with Gasteiger partial charge >= 0.3 is 0 Å². The molecule has 0 aliphatic carbocycles. The minimum Gasteiger partial charge on any atom is -0.497 e. The van der Waals surface area contributed by atoms with E-state index in [9.17, 15) is 0 Å². The maximum Gasteiger partial charge on any atom is 0.162 e. The van der Waals surface area contributed by atoms with E-state index in [2.05, 4.69) is 26.7 Å². The molecule has 3 aromatic rings. The van der Waals surface area contributed by atoms with Crippen LogP contribution in [0.5, 0.6) is 5.75 Å². The number of methoxy groups -OCH3 is 1. The molecular weight excluding hydrogens is 286 g/mol. The van der Waals surface area contributed by atoms with Gasteiger partial charge in [0.15, 0.2) is 5.65 Å². The lowest BCUT2D eigenvalue weighted by Crippen LogP contribution is -2.06. The van der Waals surface area contributed by atoms with Crippen LogP contribution in [-0.4, -0.2) is 21.6 Å². The number of halogens is 1. The SMILES string of the molecule is COc1cccc([C@@H]2CCc3nc4ccc(Cl)nc4n32)c1. The molecule has 3 heterocycles. The molecule has 4 nitrogen and oxygen atoms in total. The maximum atomic E-state index is 6.05. The van der Waals surface area contributed by atoms with Crippen LogP contribution in [0, 0.1) is 0 Å².